The molecule has 1 aromatic rings. The minimum atomic E-state index is -0.285. The van der Waals surface area contributed by atoms with Crippen LogP contribution in [0, 0.1) is 0 Å². The molecule has 1 nitrogen and oxygen atoms in total. The number of ether oxygens (including phenoxy) is 1. The van der Waals surface area contributed by atoms with Crippen LogP contribution < -0.4 is 0 Å². The molecule has 1 aromatic carbocycles. The van der Waals surface area contributed by atoms with Crippen LogP contribution in [0.2, 0.25) is 0 Å². The Morgan fingerprint density at radius 3 is 2.23 bits per heavy atom. The van der Waals surface area contributed by atoms with Crippen molar-refractivity contribution in [3.63, 3.8) is 0 Å². The number of hydrogen-bond donors (Lipinski definition) is 0. The third-order valence-corrected chi connectivity index (χ3v) is 1.90. The monoisotopic (exact) mass is 176 g/mol. The molecule has 0 aliphatic rings. The van der Waals surface area contributed by atoms with Crippen molar-refractivity contribution in [1.29, 1.82) is 0 Å². The van der Waals surface area contributed by atoms with Gasteiger partial charge in [-0.25, -0.2) is 0 Å². The Hall–Kier alpha value is -1.24. The Balaban J connectivity index is 2.87. The quantitative estimate of drug-likeness (QED) is 0.641. The van der Waals surface area contributed by atoms with Gasteiger partial charge >= 0.3 is 0 Å². The standard InChI is InChI=1S/C12H16O/c1-10(2)13-12(3,4)11-8-6-5-7-9-11/h5-9H,1H2,2-4H3. The molecule has 0 unspecified atom stereocenters. The zero-order valence-corrected chi connectivity index (χ0v) is 8.50. The summed E-state index contributed by atoms with van der Waals surface area (Å²) in [5, 5.41) is 0. The van der Waals surface area contributed by atoms with Crippen LogP contribution in [-0.2, 0) is 10.3 Å². The Bertz CT molecular complexity index is 285. The molecular weight excluding hydrogens is 160 g/mol. The highest BCUT2D eigenvalue weighted by atomic mass is 16.5. The average molecular weight is 176 g/mol. The maximum atomic E-state index is 5.63. The first-order valence-corrected chi connectivity index (χ1v) is 4.42. The van der Waals surface area contributed by atoms with E-state index in [-0.39, 0.29) is 5.60 Å². The molecule has 70 valence electrons. The van der Waals surface area contributed by atoms with E-state index in [0.29, 0.717) is 0 Å². The lowest BCUT2D eigenvalue weighted by Crippen LogP contribution is -2.20. The van der Waals surface area contributed by atoms with E-state index in [1.165, 1.54) is 0 Å². The third-order valence-electron chi connectivity index (χ3n) is 1.90. The zero-order chi connectivity index (χ0) is 9.90. The van der Waals surface area contributed by atoms with E-state index in [4.69, 9.17) is 4.74 Å². The molecule has 0 aromatic heterocycles. The molecule has 0 saturated heterocycles. The molecule has 13 heavy (non-hydrogen) atoms. The molecule has 0 spiro atoms. The first-order valence-electron chi connectivity index (χ1n) is 4.42. The molecule has 0 atom stereocenters. The summed E-state index contributed by atoms with van der Waals surface area (Å²) in [4.78, 5) is 0. The normalized spacial score (nSPS) is 11.0. The molecule has 1 heteroatoms. The van der Waals surface area contributed by atoms with Crippen molar-refractivity contribution in [3.8, 4) is 0 Å². The number of rotatable bonds is 3. The number of benzene rings is 1. The fourth-order valence-corrected chi connectivity index (χ4v) is 1.33. The zero-order valence-electron chi connectivity index (χ0n) is 8.50. The third kappa shape index (κ3) is 2.62. The fraction of sp³-hybridized carbons (Fsp3) is 0.333. The Kier molecular flexibility index (Phi) is 2.76. The molecule has 0 heterocycles. The van der Waals surface area contributed by atoms with Gasteiger partial charge in [0.15, 0.2) is 0 Å². The highest BCUT2D eigenvalue weighted by Crippen LogP contribution is 2.26. The van der Waals surface area contributed by atoms with Gasteiger partial charge in [0.2, 0.25) is 0 Å². The maximum Gasteiger partial charge on any atom is 0.128 e. The van der Waals surface area contributed by atoms with Gasteiger partial charge in [-0.05, 0) is 26.3 Å². The predicted molar refractivity (Wildman–Crippen MR) is 55.4 cm³/mol. The van der Waals surface area contributed by atoms with Crippen LogP contribution in [0.3, 0.4) is 0 Å². The van der Waals surface area contributed by atoms with Crippen LogP contribution in [0.4, 0.5) is 0 Å². The van der Waals surface area contributed by atoms with Crippen molar-refractivity contribution in [1.82, 2.24) is 0 Å². The minimum absolute atomic E-state index is 0.285. The van der Waals surface area contributed by atoms with Crippen LogP contribution in [0.25, 0.3) is 0 Å². The van der Waals surface area contributed by atoms with Gasteiger partial charge in [-0.1, -0.05) is 36.9 Å². The average Bonchev–Trinajstić information content (AvgIpc) is 2.04. The van der Waals surface area contributed by atoms with Crippen LogP contribution in [-0.4, -0.2) is 0 Å². The molecule has 1 rings (SSSR count). The van der Waals surface area contributed by atoms with E-state index < -0.39 is 0 Å². The van der Waals surface area contributed by atoms with Gasteiger partial charge in [0.05, 0.1) is 5.76 Å². The van der Waals surface area contributed by atoms with Crippen molar-refractivity contribution < 1.29 is 4.74 Å². The fourth-order valence-electron chi connectivity index (χ4n) is 1.33. The van der Waals surface area contributed by atoms with Crippen LogP contribution in [0.5, 0.6) is 0 Å². The number of hydrogen-bond acceptors (Lipinski definition) is 1. The summed E-state index contributed by atoms with van der Waals surface area (Å²) in [6.07, 6.45) is 0. The van der Waals surface area contributed by atoms with E-state index in [2.05, 4.69) is 18.7 Å². The number of allylic oxidation sites excluding steroid dienone is 1. The second-order valence-electron chi connectivity index (χ2n) is 3.68. The van der Waals surface area contributed by atoms with Gasteiger partial charge in [0.1, 0.15) is 5.60 Å². The van der Waals surface area contributed by atoms with Gasteiger partial charge < -0.3 is 4.74 Å². The summed E-state index contributed by atoms with van der Waals surface area (Å²) in [6, 6.07) is 10.1. The summed E-state index contributed by atoms with van der Waals surface area (Å²) in [6.45, 7) is 9.69. The molecule has 0 N–H and O–H groups in total. The minimum Gasteiger partial charge on any atom is -0.488 e. The molecule has 0 fully saturated rings. The molecule has 0 aliphatic heterocycles. The van der Waals surface area contributed by atoms with Gasteiger partial charge in [-0.2, -0.15) is 0 Å². The van der Waals surface area contributed by atoms with Gasteiger partial charge in [-0.3, -0.25) is 0 Å². The second-order valence-corrected chi connectivity index (χ2v) is 3.68. The van der Waals surface area contributed by atoms with E-state index >= 15 is 0 Å². The molecule has 0 saturated carbocycles. The van der Waals surface area contributed by atoms with Gasteiger partial charge in [-0.15, -0.1) is 0 Å². The van der Waals surface area contributed by atoms with Crippen LogP contribution in [0.15, 0.2) is 42.7 Å². The van der Waals surface area contributed by atoms with Crippen LogP contribution >= 0.6 is 0 Å². The second kappa shape index (κ2) is 3.65. The highest BCUT2D eigenvalue weighted by molar-refractivity contribution is 5.21. The lowest BCUT2D eigenvalue weighted by molar-refractivity contribution is 0.0337. The summed E-state index contributed by atoms with van der Waals surface area (Å²) in [7, 11) is 0. The topological polar surface area (TPSA) is 9.23 Å². The van der Waals surface area contributed by atoms with Crippen molar-refractivity contribution >= 4 is 0 Å². The Morgan fingerprint density at radius 1 is 1.23 bits per heavy atom. The lowest BCUT2D eigenvalue weighted by atomic mass is 9.98. The van der Waals surface area contributed by atoms with Crippen molar-refractivity contribution in [2.45, 2.75) is 26.4 Å². The molecule has 0 bridgehead atoms. The van der Waals surface area contributed by atoms with Crippen molar-refractivity contribution in [3.05, 3.63) is 48.2 Å². The van der Waals surface area contributed by atoms with E-state index in [1.807, 2.05) is 39.0 Å². The largest absolute Gasteiger partial charge is 0.488 e. The van der Waals surface area contributed by atoms with Gasteiger partial charge in [0.25, 0.3) is 0 Å². The van der Waals surface area contributed by atoms with Crippen LogP contribution in [0.1, 0.15) is 26.3 Å². The first kappa shape index (κ1) is 9.85. The predicted octanol–water partition coefficient (Wildman–Crippen LogP) is 3.47. The molecule has 0 radical (unpaired) electrons. The molecular formula is C12H16O. The maximum absolute atomic E-state index is 5.63. The van der Waals surface area contributed by atoms with Crippen molar-refractivity contribution in [2.75, 3.05) is 0 Å². The van der Waals surface area contributed by atoms with E-state index in [1.54, 1.807) is 0 Å². The summed E-state index contributed by atoms with van der Waals surface area (Å²) >= 11 is 0. The molecule has 0 amide bonds. The highest BCUT2D eigenvalue weighted by Gasteiger charge is 2.21. The van der Waals surface area contributed by atoms with Crippen molar-refractivity contribution in [2.24, 2.45) is 0 Å². The van der Waals surface area contributed by atoms with E-state index in [9.17, 15) is 0 Å². The Labute approximate surface area is 80.0 Å². The summed E-state index contributed by atoms with van der Waals surface area (Å²) < 4.78 is 5.63. The van der Waals surface area contributed by atoms with Gasteiger partial charge in [0, 0.05) is 0 Å². The molecule has 0 aliphatic carbocycles. The SMILES string of the molecule is C=C(C)OC(C)(C)c1ccccc1. The first-order chi connectivity index (χ1) is 6.02. The summed E-state index contributed by atoms with van der Waals surface area (Å²) in [5.74, 6) is 0.744. The summed E-state index contributed by atoms with van der Waals surface area (Å²) in [5.41, 5.74) is 0.880. The lowest BCUT2D eigenvalue weighted by Gasteiger charge is -2.26. The Morgan fingerprint density at radius 2 is 1.77 bits per heavy atom. The van der Waals surface area contributed by atoms with E-state index in [0.717, 1.165) is 11.3 Å². The smallest absolute Gasteiger partial charge is 0.128 e.